The first-order chi connectivity index (χ1) is 11.8. The molecule has 1 aliphatic heterocycles. The molecule has 1 saturated heterocycles. The van der Waals surface area contributed by atoms with Crippen LogP contribution in [0.3, 0.4) is 0 Å². The Morgan fingerprint density at radius 1 is 1.40 bits per heavy atom. The zero-order valence-electron chi connectivity index (χ0n) is 13.8. The van der Waals surface area contributed by atoms with Gasteiger partial charge in [0.1, 0.15) is 17.1 Å². The van der Waals surface area contributed by atoms with Gasteiger partial charge in [-0.2, -0.15) is 0 Å². The number of benzene rings is 1. The molecular weight excluding hydrogens is 348 g/mol. The molecule has 1 aromatic carbocycles. The van der Waals surface area contributed by atoms with Gasteiger partial charge in [-0.15, -0.1) is 0 Å². The van der Waals surface area contributed by atoms with Crippen molar-refractivity contribution < 1.29 is 17.9 Å². The quantitative estimate of drug-likeness (QED) is 0.636. The standard InChI is InChI=1S/C15H18N4O5S/c1-10-8-12(17-24-10)13-4-3-7-18(13)14-6-5-11(25(22,23)16-2)9-15(14)19(20)21/h5-6,8-9,13,16H,3-4,7H2,1-2H3/t13-/m0/s1. The number of nitro benzene ring substituents is 1. The molecule has 0 saturated carbocycles. The molecule has 10 heteroatoms. The minimum Gasteiger partial charge on any atom is -0.361 e. The highest BCUT2D eigenvalue weighted by molar-refractivity contribution is 7.89. The van der Waals surface area contributed by atoms with Crippen molar-refractivity contribution in [1.82, 2.24) is 9.88 Å². The number of nitro groups is 1. The average molecular weight is 366 g/mol. The molecule has 1 N–H and O–H groups in total. The van der Waals surface area contributed by atoms with Gasteiger partial charge in [0.15, 0.2) is 0 Å². The number of aromatic nitrogens is 1. The Morgan fingerprint density at radius 3 is 2.76 bits per heavy atom. The highest BCUT2D eigenvalue weighted by atomic mass is 32.2. The molecule has 1 aromatic heterocycles. The molecule has 2 heterocycles. The summed E-state index contributed by atoms with van der Waals surface area (Å²) in [7, 11) is -2.49. The van der Waals surface area contributed by atoms with Gasteiger partial charge >= 0.3 is 0 Å². The summed E-state index contributed by atoms with van der Waals surface area (Å²) in [6, 6.07) is 5.62. The SMILES string of the molecule is CNS(=O)(=O)c1ccc(N2CCC[C@H]2c2cc(C)on2)c([N+](=O)[O-])c1. The fraction of sp³-hybridized carbons (Fsp3) is 0.400. The Hall–Kier alpha value is -2.46. The zero-order valence-corrected chi connectivity index (χ0v) is 14.6. The Balaban J connectivity index is 2.05. The molecule has 1 aliphatic rings. The molecule has 1 fully saturated rings. The third kappa shape index (κ3) is 3.22. The summed E-state index contributed by atoms with van der Waals surface area (Å²) >= 11 is 0. The van der Waals surface area contributed by atoms with Crippen LogP contribution in [0, 0.1) is 17.0 Å². The fourth-order valence-corrected chi connectivity index (χ4v) is 3.83. The van der Waals surface area contributed by atoms with Crippen molar-refractivity contribution in [2.24, 2.45) is 0 Å². The van der Waals surface area contributed by atoms with Crippen LogP contribution in [0.15, 0.2) is 33.7 Å². The van der Waals surface area contributed by atoms with Gasteiger partial charge in [0, 0.05) is 18.7 Å². The minimum atomic E-state index is -3.76. The van der Waals surface area contributed by atoms with Gasteiger partial charge in [0.05, 0.1) is 15.9 Å². The predicted octanol–water partition coefficient (Wildman–Crippen LogP) is 2.14. The molecule has 2 aromatic rings. The van der Waals surface area contributed by atoms with Crippen LogP contribution < -0.4 is 9.62 Å². The summed E-state index contributed by atoms with van der Waals surface area (Å²) in [5.41, 5.74) is 0.850. The van der Waals surface area contributed by atoms with E-state index in [0.29, 0.717) is 18.0 Å². The van der Waals surface area contributed by atoms with Crippen molar-refractivity contribution in [2.75, 3.05) is 18.5 Å². The number of sulfonamides is 1. The summed E-state index contributed by atoms with van der Waals surface area (Å²) in [6.07, 6.45) is 1.64. The highest BCUT2D eigenvalue weighted by Crippen LogP contribution is 2.40. The first kappa shape index (κ1) is 17.4. The summed E-state index contributed by atoms with van der Waals surface area (Å²) in [5, 5.41) is 15.5. The number of anilines is 1. The van der Waals surface area contributed by atoms with Crippen LogP contribution in [-0.2, 0) is 10.0 Å². The molecule has 0 amide bonds. The largest absolute Gasteiger partial charge is 0.361 e. The van der Waals surface area contributed by atoms with Crippen molar-refractivity contribution >= 4 is 21.4 Å². The van der Waals surface area contributed by atoms with Crippen LogP contribution in [-0.4, -0.2) is 32.1 Å². The fourth-order valence-electron chi connectivity index (χ4n) is 3.08. The van der Waals surface area contributed by atoms with E-state index in [9.17, 15) is 18.5 Å². The maximum Gasteiger partial charge on any atom is 0.293 e. The normalized spacial score (nSPS) is 17.8. The highest BCUT2D eigenvalue weighted by Gasteiger charge is 2.33. The molecule has 0 spiro atoms. The van der Waals surface area contributed by atoms with Crippen LogP contribution in [0.25, 0.3) is 0 Å². The van der Waals surface area contributed by atoms with Crippen LogP contribution in [0.1, 0.15) is 30.3 Å². The van der Waals surface area contributed by atoms with Crippen molar-refractivity contribution in [3.05, 3.63) is 45.8 Å². The van der Waals surface area contributed by atoms with Crippen molar-refractivity contribution in [2.45, 2.75) is 30.7 Å². The average Bonchev–Trinajstić information content (AvgIpc) is 3.22. The molecule has 1 atom stereocenters. The molecule has 3 rings (SSSR count). The van der Waals surface area contributed by atoms with Crippen molar-refractivity contribution in [3.8, 4) is 0 Å². The number of hydrogen-bond donors (Lipinski definition) is 1. The number of nitrogens with one attached hydrogen (secondary N) is 1. The van der Waals surface area contributed by atoms with E-state index in [1.54, 1.807) is 6.92 Å². The maximum absolute atomic E-state index is 11.9. The Kier molecular flexibility index (Phi) is 4.48. The smallest absolute Gasteiger partial charge is 0.293 e. The van der Waals surface area contributed by atoms with Crippen LogP contribution in [0.2, 0.25) is 0 Å². The lowest BCUT2D eigenvalue weighted by Gasteiger charge is -2.25. The molecule has 0 aliphatic carbocycles. The Morgan fingerprint density at radius 2 is 2.16 bits per heavy atom. The first-order valence-electron chi connectivity index (χ1n) is 7.75. The second kappa shape index (κ2) is 6.45. The second-order valence-corrected chi connectivity index (χ2v) is 7.72. The first-order valence-corrected chi connectivity index (χ1v) is 9.23. The molecule has 9 nitrogen and oxygen atoms in total. The van der Waals surface area contributed by atoms with Crippen molar-refractivity contribution in [1.29, 1.82) is 0 Å². The monoisotopic (exact) mass is 366 g/mol. The maximum atomic E-state index is 11.9. The van der Waals surface area contributed by atoms with Crippen LogP contribution >= 0.6 is 0 Å². The van der Waals surface area contributed by atoms with Crippen molar-refractivity contribution in [3.63, 3.8) is 0 Å². The van der Waals surface area contributed by atoms with E-state index >= 15 is 0 Å². The molecule has 0 radical (unpaired) electrons. The predicted molar refractivity (Wildman–Crippen MR) is 89.9 cm³/mol. The van der Waals surface area contributed by atoms with E-state index in [-0.39, 0.29) is 16.6 Å². The van der Waals surface area contributed by atoms with Gasteiger partial charge in [0.2, 0.25) is 10.0 Å². The van der Waals surface area contributed by atoms with E-state index in [4.69, 9.17) is 4.52 Å². The van der Waals surface area contributed by atoms with Gasteiger partial charge in [-0.3, -0.25) is 10.1 Å². The van der Waals surface area contributed by atoms with Gasteiger partial charge in [-0.05, 0) is 38.9 Å². The lowest BCUT2D eigenvalue weighted by Crippen LogP contribution is -2.24. The van der Waals surface area contributed by atoms with E-state index < -0.39 is 14.9 Å². The summed E-state index contributed by atoms with van der Waals surface area (Å²) in [6.45, 7) is 2.41. The van der Waals surface area contributed by atoms with Gasteiger partial charge < -0.3 is 9.42 Å². The topological polar surface area (TPSA) is 119 Å². The summed E-state index contributed by atoms with van der Waals surface area (Å²) in [4.78, 5) is 12.7. The molecule has 25 heavy (non-hydrogen) atoms. The molecular formula is C15H18N4O5S. The minimum absolute atomic E-state index is 0.136. The number of nitrogens with zero attached hydrogens (tertiary/aromatic N) is 3. The van der Waals surface area contributed by atoms with E-state index in [0.717, 1.165) is 24.6 Å². The third-order valence-corrected chi connectivity index (χ3v) is 5.68. The molecule has 134 valence electrons. The number of hydrogen-bond acceptors (Lipinski definition) is 7. The Labute approximate surface area is 144 Å². The summed E-state index contributed by atoms with van der Waals surface area (Å²) < 4.78 is 31.1. The zero-order chi connectivity index (χ0) is 18.2. The van der Waals surface area contributed by atoms with E-state index in [1.165, 1.54) is 19.2 Å². The summed E-state index contributed by atoms with van der Waals surface area (Å²) in [5.74, 6) is 0.673. The van der Waals surface area contributed by atoms with Crippen LogP contribution in [0.4, 0.5) is 11.4 Å². The van der Waals surface area contributed by atoms with Gasteiger partial charge in [-0.25, -0.2) is 13.1 Å². The molecule has 0 bridgehead atoms. The lowest BCUT2D eigenvalue weighted by molar-refractivity contribution is -0.384. The van der Waals surface area contributed by atoms with Crippen LogP contribution in [0.5, 0.6) is 0 Å². The number of aryl methyl sites for hydroxylation is 1. The van der Waals surface area contributed by atoms with Gasteiger partial charge in [-0.1, -0.05) is 5.16 Å². The number of rotatable bonds is 5. The van der Waals surface area contributed by atoms with E-state index in [1.807, 2.05) is 11.0 Å². The molecule has 0 unspecified atom stereocenters. The Bertz CT molecular complexity index is 908. The van der Waals surface area contributed by atoms with E-state index in [2.05, 4.69) is 9.88 Å². The van der Waals surface area contributed by atoms with Gasteiger partial charge in [0.25, 0.3) is 5.69 Å². The second-order valence-electron chi connectivity index (χ2n) is 5.83. The third-order valence-electron chi connectivity index (χ3n) is 4.27. The lowest BCUT2D eigenvalue weighted by atomic mass is 10.1.